The van der Waals surface area contributed by atoms with Crippen LogP contribution in [-0.4, -0.2) is 55.2 Å². The Morgan fingerprint density at radius 2 is 1.54 bits per heavy atom. The minimum Gasteiger partial charge on any atom is -0.398 e. The molecule has 3 N–H and O–H groups in total. The van der Waals surface area contributed by atoms with E-state index in [1.165, 1.54) is 24.3 Å². The number of anilines is 3. The maximum absolute atomic E-state index is 13.1. The highest BCUT2D eigenvalue weighted by Crippen LogP contribution is 2.36. The highest BCUT2D eigenvalue weighted by atomic mass is 19.4. The molecule has 1 atom stereocenters. The van der Waals surface area contributed by atoms with Gasteiger partial charge in [0.2, 0.25) is 0 Å². The molecule has 2 fully saturated rings. The zero-order valence-electron chi connectivity index (χ0n) is 21.5. The number of nitrogens with zero attached hydrogens (tertiary/aromatic N) is 2. The van der Waals surface area contributed by atoms with Gasteiger partial charge in [-0.25, -0.2) is 0 Å². The second kappa shape index (κ2) is 11.5. The summed E-state index contributed by atoms with van der Waals surface area (Å²) in [6, 6.07) is 8.79. The second-order valence-corrected chi connectivity index (χ2v) is 10.1. The summed E-state index contributed by atoms with van der Waals surface area (Å²) in [6.45, 7) is 3.59. The molecule has 4 rings (SSSR count). The normalized spacial score (nSPS) is 21.5. The number of benzene rings is 2. The van der Waals surface area contributed by atoms with E-state index in [1.54, 1.807) is 11.8 Å². The average Bonchev–Trinajstić information content (AvgIpc) is 2.89. The predicted molar refractivity (Wildman–Crippen MR) is 136 cm³/mol. The highest BCUT2D eigenvalue weighted by molar-refractivity contribution is 5.81. The van der Waals surface area contributed by atoms with Crippen LogP contribution in [-0.2, 0) is 21.9 Å². The Morgan fingerprint density at radius 1 is 0.923 bits per heavy atom. The third kappa shape index (κ3) is 7.28. The number of amides is 1. The first-order valence-electron chi connectivity index (χ1n) is 12.9. The van der Waals surface area contributed by atoms with Crippen LogP contribution in [0.5, 0.6) is 0 Å². The van der Waals surface area contributed by atoms with Crippen LogP contribution in [0.25, 0.3) is 0 Å². The molecule has 6 nitrogen and oxygen atoms in total. The lowest BCUT2D eigenvalue weighted by Crippen LogP contribution is -2.52. The molecule has 214 valence electrons. The van der Waals surface area contributed by atoms with E-state index in [2.05, 4.69) is 5.32 Å². The quantitative estimate of drug-likeness (QED) is 0.347. The molecule has 1 saturated carbocycles. The summed E-state index contributed by atoms with van der Waals surface area (Å²) in [4.78, 5) is 16.6. The van der Waals surface area contributed by atoms with Crippen molar-refractivity contribution in [3.63, 3.8) is 0 Å². The Kier molecular flexibility index (Phi) is 8.53. The van der Waals surface area contributed by atoms with Gasteiger partial charge in [-0.3, -0.25) is 4.79 Å². The van der Waals surface area contributed by atoms with Crippen molar-refractivity contribution in [1.82, 2.24) is 4.90 Å². The summed E-state index contributed by atoms with van der Waals surface area (Å²) in [5.41, 5.74) is 4.63. The summed E-state index contributed by atoms with van der Waals surface area (Å²) in [6.07, 6.45) is -6.99. The van der Waals surface area contributed by atoms with Gasteiger partial charge in [-0.1, -0.05) is 0 Å². The molecule has 0 aromatic heterocycles. The van der Waals surface area contributed by atoms with Crippen molar-refractivity contribution in [3.8, 4) is 0 Å². The highest BCUT2D eigenvalue weighted by Gasteiger charge is 2.34. The van der Waals surface area contributed by atoms with E-state index in [-0.39, 0.29) is 23.7 Å². The van der Waals surface area contributed by atoms with Crippen LogP contribution in [0.3, 0.4) is 0 Å². The number of alkyl halides is 6. The summed E-state index contributed by atoms with van der Waals surface area (Å²) < 4.78 is 83.8. The first-order chi connectivity index (χ1) is 18.3. The van der Waals surface area contributed by atoms with Gasteiger partial charge in [0.15, 0.2) is 0 Å². The van der Waals surface area contributed by atoms with Gasteiger partial charge in [-0.2, -0.15) is 26.3 Å². The zero-order valence-corrected chi connectivity index (χ0v) is 21.5. The number of hydrogen-bond donors (Lipinski definition) is 2. The average molecular weight is 559 g/mol. The lowest BCUT2D eigenvalue weighted by molar-refractivity contribution is -0.147. The fraction of sp³-hybridized carbons (Fsp3) is 0.519. The summed E-state index contributed by atoms with van der Waals surface area (Å²) in [5.74, 6) is -0.135. The standard InChI is InChI=1S/C27H32F6N4O2/c1-17(25(38)37-14-12-36(13-15-37)21-7-2-18(3-8-21)26(28,29)30)39-22-9-4-19(5-10-22)35-20-6-11-24(34)23(16-20)27(31,32)33/h2-3,6-8,11,16-17,19,22,35H,4-5,9-10,12-15,34H2,1H3. The molecule has 0 radical (unpaired) electrons. The Bertz CT molecular complexity index is 1120. The maximum Gasteiger partial charge on any atom is 0.418 e. The molecule has 0 spiro atoms. The van der Waals surface area contributed by atoms with Gasteiger partial charge in [-0.05, 0) is 75.1 Å². The molecular formula is C27H32F6N4O2. The number of hydrogen-bond acceptors (Lipinski definition) is 5. The molecule has 39 heavy (non-hydrogen) atoms. The van der Waals surface area contributed by atoms with Gasteiger partial charge >= 0.3 is 12.4 Å². The third-order valence-corrected chi connectivity index (χ3v) is 7.30. The first-order valence-corrected chi connectivity index (χ1v) is 12.9. The number of nitrogens with two attached hydrogens (primary N) is 1. The predicted octanol–water partition coefficient (Wildman–Crippen LogP) is 5.78. The fourth-order valence-electron chi connectivity index (χ4n) is 5.12. The molecule has 1 aliphatic carbocycles. The molecular weight excluding hydrogens is 526 g/mol. The zero-order chi connectivity index (χ0) is 28.4. The molecule has 1 aliphatic heterocycles. The van der Waals surface area contributed by atoms with E-state index in [4.69, 9.17) is 10.5 Å². The SMILES string of the molecule is CC(OC1CCC(Nc2ccc(N)c(C(F)(F)F)c2)CC1)C(=O)N1CCN(c2ccc(C(F)(F)F)cc2)CC1. The van der Waals surface area contributed by atoms with Crippen LogP contribution in [0, 0.1) is 0 Å². The molecule has 1 saturated heterocycles. The Hall–Kier alpha value is -3.15. The lowest BCUT2D eigenvalue weighted by atomic mass is 9.92. The number of carbonyl (C=O) groups is 1. The molecule has 1 amide bonds. The van der Waals surface area contributed by atoms with Gasteiger partial charge in [0.25, 0.3) is 5.91 Å². The number of carbonyl (C=O) groups excluding carboxylic acids is 1. The number of ether oxygens (including phenoxy) is 1. The lowest BCUT2D eigenvalue weighted by Gasteiger charge is -2.38. The number of rotatable bonds is 6. The smallest absolute Gasteiger partial charge is 0.398 e. The van der Waals surface area contributed by atoms with Crippen LogP contribution >= 0.6 is 0 Å². The van der Waals surface area contributed by atoms with Crippen molar-refractivity contribution in [2.45, 2.75) is 63.2 Å². The minimum atomic E-state index is -4.52. The van der Waals surface area contributed by atoms with Gasteiger partial charge < -0.3 is 25.6 Å². The summed E-state index contributed by atoms with van der Waals surface area (Å²) >= 11 is 0. The minimum absolute atomic E-state index is 0.0150. The maximum atomic E-state index is 13.1. The van der Waals surface area contributed by atoms with Crippen molar-refractivity contribution in [2.75, 3.05) is 42.1 Å². The monoisotopic (exact) mass is 558 g/mol. The number of nitrogen functional groups attached to an aromatic ring is 1. The van der Waals surface area contributed by atoms with E-state index in [9.17, 15) is 31.1 Å². The molecule has 2 aromatic carbocycles. The van der Waals surface area contributed by atoms with Crippen LogP contribution in [0.2, 0.25) is 0 Å². The second-order valence-electron chi connectivity index (χ2n) is 10.1. The first kappa shape index (κ1) is 28.8. The van der Waals surface area contributed by atoms with Gasteiger partial charge in [0.05, 0.1) is 17.2 Å². The fourth-order valence-corrected chi connectivity index (χ4v) is 5.12. The Morgan fingerprint density at radius 3 is 2.10 bits per heavy atom. The van der Waals surface area contributed by atoms with E-state index < -0.39 is 29.6 Å². The van der Waals surface area contributed by atoms with E-state index in [0.717, 1.165) is 18.2 Å². The van der Waals surface area contributed by atoms with Gasteiger partial charge in [-0.15, -0.1) is 0 Å². The molecule has 1 unspecified atom stereocenters. The Balaban J connectivity index is 1.21. The number of piperazine rings is 1. The third-order valence-electron chi connectivity index (χ3n) is 7.30. The van der Waals surface area contributed by atoms with E-state index in [1.807, 2.05) is 4.90 Å². The molecule has 2 aliphatic rings. The molecule has 0 bridgehead atoms. The van der Waals surface area contributed by atoms with Crippen molar-refractivity contribution in [3.05, 3.63) is 53.6 Å². The Labute approximate surface area is 223 Å². The van der Waals surface area contributed by atoms with E-state index in [0.29, 0.717) is 63.2 Å². The molecule has 12 heteroatoms. The van der Waals surface area contributed by atoms with Crippen LogP contribution in [0.1, 0.15) is 43.7 Å². The molecule has 2 aromatic rings. The van der Waals surface area contributed by atoms with Gasteiger partial charge in [0.1, 0.15) is 6.10 Å². The van der Waals surface area contributed by atoms with Gasteiger partial charge in [0, 0.05) is 49.3 Å². The number of nitrogens with one attached hydrogen (secondary N) is 1. The molecule has 1 heterocycles. The summed E-state index contributed by atoms with van der Waals surface area (Å²) in [7, 11) is 0. The van der Waals surface area contributed by atoms with Crippen LogP contribution in [0.15, 0.2) is 42.5 Å². The van der Waals surface area contributed by atoms with Crippen molar-refractivity contribution < 1.29 is 35.9 Å². The van der Waals surface area contributed by atoms with Crippen LogP contribution in [0.4, 0.5) is 43.4 Å². The van der Waals surface area contributed by atoms with Crippen molar-refractivity contribution in [1.29, 1.82) is 0 Å². The summed E-state index contributed by atoms with van der Waals surface area (Å²) in [5, 5.41) is 3.15. The van der Waals surface area contributed by atoms with Crippen molar-refractivity contribution >= 4 is 23.0 Å². The van der Waals surface area contributed by atoms with Crippen molar-refractivity contribution in [2.24, 2.45) is 0 Å². The van der Waals surface area contributed by atoms with E-state index >= 15 is 0 Å². The largest absolute Gasteiger partial charge is 0.418 e. The number of halogens is 6. The van der Waals surface area contributed by atoms with Crippen LogP contribution < -0.4 is 16.0 Å². The topological polar surface area (TPSA) is 70.8 Å².